The van der Waals surface area contributed by atoms with Crippen molar-refractivity contribution in [2.75, 3.05) is 31.1 Å². The fraction of sp³-hybridized carbons (Fsp3) is 0.839. The summed E-state index contributed by atoms with van der Waals surface area (Å²) >= 11 is 0. The largest absolute Gasteiger partial charge is 0.393 e. The first kappa shape index (κ1) is 29.3. The minimum absolute atomic E-state index is 0.0635. The van der Waals surface area contributed by atoms with Gasteiger partial charge in [0.05, 0.1) is 6.10 Å². The summed E-state index contributed by atoms with van der Waals surface area (Å²) in [6.07, 6.45) is 8.93. The van der Waals surface area contributed by atoms with Crippen molar-refractivity contribution in [3.05, 3.63) is 17.6 Å². The molecule has 38 heavy (non-hydrogen) atoms. The topological polar surface area (TPSA) is 81.6 Å². The van der Waals surface area contributed by atoms with Crippen LogP contribution in [0.15, 0.2) is 6.07 Å². The quantitative estimate of drug-likeness (QED) is 0.518. The number of amides is 1. The first-order valence-corrected chi connectivity index (χ1v) is 15.4. The van der Waals surface area contributed by atoms with E-state index in [4.69, 9.17) is 9.97 Å². The molecule has 2 heterocycles. The van der Waals surface area contributed by atoms with Crippen LogP contribution in [-0.4, -0.2) is 70.2 Å². The lowest BCUT2D eigenvalue weighted by molar-refractivity contribution is -0.127. The lowest BCUT2D eigenvalue weighted by Crippen LogP contribution is -2.52. The highest BCUT2D eigenvalue weighted by molar-refractivity contribution is 5.79. The Kier molecular flexibility index (Phi) is 9.72. The molecule has 7 heteroatoms. The predicted molar refractivity (Wildman–Crippen MR) is 155 cm³/mol. The van der Waals surface area contributed by atoms with E-state index in [9.17, 15) is 9.90 Å². The van der Waals surface area contributed by atoms with Gasteiger partial charge in [0, 0.05) is 54.8 Å². The maximum atomic E-state index is 12.7. The second-order valence-electron chi connectivity index (χ2n) is 13.7. The van der Waals surface area contributed by atoms with E-state index in [0.717, 1.165) is 81.4 Å². The first-order valence-electron chi connectivity index (χ1n) is 15.4. The summed E-state index contributed by atoms with van der Waals surface area (Å²) < 4.78 is 0. The molecule has 0 aromatic carbocycles. The monoisotopic (exact) mass is 527 g/mol. The maximum absolute atomic E-state index is 12.7. The Morgan fingerprint density at radius 3 is 2.34 bits per heavy atom. The lowest BCUT2D eigenvalue weighted by atomic mass is 9.83. The molecular weight excluding hydrogens is 474 g/mol. The standard InChI is InChI=1S/C31H53N5O2/c1-21(2)27-19-28(34-30(33-27)31(4,5)6)36-18-17-35(20-22(36)3)16-15-23-7-11-25(12-8-23)32-29(38)24-9-13-26(37)14-10-24/h19,21-26,37H,7-18,20H2,1-6H3,(H,32,38)/t22-,23?,24-,25?,26-/m0/s1. The molecule has 1 aromatic heterocycles. The van der Waals surface area contributed by atoms with Crippen molar-refractivity contribution in [3.8, 4) is 0 Å². The van der Waals surface area contributed by atoms with Crippen LogP contribution in [0.3, 0.4) is 0 Å². The average molecular weight is 528 g/mol. The molecular formula is C31H53N5O2. The molecule has 3 aliphatic rings. The molecule has 0 radical (unpaired) electrons. The van der Waals surface area contributed by atoms with Gasteiger partial charge in [0.25, 0.3) is 0 Å². The summed E-state index contributed by atoms with van der Waals surface area (Å²) in [6, 6.07) is 2.98. The molecule has 214 valence electrons. The van der Waals surface area contributed by atoms with Gasteiger partial charge in [0.2, 0.25) is 5.91 Å². The molecule has 4 rings (SSSR count). The maximum Gasteiger partial charge on any atom is 0.223 e. The van der Waals surface area contributed by atoms with Crippen LogP contribution in [0.2, 0.25) is 0 Å². The van der Waals surface area contributed by atoms with Gasteiger partial charge in [-0.2, -0.15) is 0 Å². The van der Waals surface area contributed by atoms with Gasteiger partial charge in [-0.1, -0.05) is 34.6 Å². The zero-order valence-electron chi connectivity index (χ0n) is 24.9. The summed E-state index contributed by atoms with van der Waals surface area (Å²) in [6.45, 7) is 17.7. The van der Waals surface area contributed by atoms with Gasteiger partial charge in [-0.05, 0) is 83.1 Å². The lowest BCUT2D eigenvalue weighted by Gasteiger charge is -2.41. The minimum Gasteiger partial charge on any atom is -0.393 e. The van der Waals surface area contributed by atoms with Gasteiger partial charge in [0.15, 0.2) is 0 Å². The minimum atomic E-state index is -0.202. The van der Waals surface area contributed by atoms with E-state index in [0.29, 0.717) is 18.0 Å². The van der Waals surface area contributed by atoms with Crippen LogP contribution in [0, 0.1) is 11.8 Å². The molecule has 1 atom stereocenters. The SMILES string of the molecule is CC(C)c1cc(N2CCN(CCC3CCC(NC(=O)[C@H]4CC[C@H](O)CC4)CC3)C[C@@H]2C)nc(C(C)(C)C)n1. The Labute approximate surface area is 231 Å². The summed E-state index contributed by atoms with van der Waals surface area (Å²) in [7, 11) is 0. The van der Waals surface area contributed by atoms with Crippen LogP contribution in [0.5, 0.6) is 0 Å². The van der Waals surface area contributed by atoms with Gasteiger partial charge in [0.1, 0.15) is 11.6 Å². The highest BCUT2D eigenvalue weighted by Crippen LogP contribution is 2.30. The van der Waals surface area contributed by atoms with Crippen molar-refractivity contribution < 1.29 is 9.90 Å². The zero-order chi connectivity index (χ0) is 27.4. The van der Waals surface area contributed by atoms with Gasteiger partial charge in [-0.15, -0.1) is 0 Å². The second-order valence-corrected chi connectivity index (χ2v) is 13.7. The van der Waals surface area contributed by atoms with Gasteiger partial charge in [-0.3, -0.25) is 9.69 Å². The third kappa shape index (κ3) is 7.68. The second kappa shape index (κ2) is 12.6. The van der Waals surface area contributed by atoms with Crippen LogP contribution in [0.1, 0.15) is 117 Å². The fourth-order valence-corrected chi connectivity index (χ4v) is 6.43. The number of piperazine rings is 1. The number of nitrogens with zero attached hydrogens (tertiary/aromatic N) is 4. The Morgan fingerprint density at radius 1 is 1.05 bits per heavy atom. The van der Waals surface area contributed by atoms with E-state index in [1.807, 2.05) is 0 Å². The highest BCUT2D eigenvalue weighted by atomic mass is 16.3. The predicted octanol–water partition coefficient (Wildman–Crippen LogP) is 5.02. The molecule has 2 saturated carbocycles. The summed E-state index contributed by atoms with van der Waals surface area (Å²) in [5.74, 6) is 3.52. The Balaban J connectivity index is 1.21. The third-order valence-corrected chi connectivity index (χ3v) is 9.11. The van der Waals surface area contributed by atoms with E-state index >= 15 is 0 Å². The highest BCUT2D eigenvalue weighted by Gasteiger charge is 2.30. The number of nitrogens with one attached hydrogen (secondary N) is 1. The van der Waals surface area contributed by atoms with E-state index in [-0.39, 0.29) is 23.3 Å². The van der Waals surface area contributed by atoms with Crippen LogP contribution in [0.4, 0.5) is 5.82 Å². The number of aliphatic hydroxyl groups is 1. The number of rotatable bonds is 7. The zero-order valence-corrected chi connectivity index (χ0v) is 24.9. The van der Waals surface area contributed by atoms with Gasteiger partial charge >= 0.3 is 0 Å². The van der Waals surface area contributed by atoms with Crippen LogP contribution >= 0.6 is 0 Å². The van der Waals surface area contributed by atoms with Crippen molar-refractivity contribution in [2.45, 2.75) is 129 Å². The van der Waals surface area contributed by atoms with E-state index in [1.54, 1.807) is 0 Å². The Morgan fingerprint density at radius 2 is 1.74 bits per heavy atom. The molecule has 0 spiro atoms. The van der Waals surface area contributed by atoms with Crippen molar-refractivity contribution in [1.82, 2.24) is 20.2 Å². The number of anilines is 1. The smallest absolute Gasteiger partial charge is 0.223 e. The van der Waals surface area contributed by atoms with Crippen LogP contribution < -0.4 is 10.2 Å². The van der Waals surface area contributed by atoms with Crippen LogP contribution in [-0.2, 0) is 10.2 Å². The van der Waals surface area contributed by atoms with Crippen molar-refractivity contribution in [1.29, 1.82) is 0 Å². The molecule has 1 aliphatic heterocycles. The number of aromatic nitrogens is 2. The molecule has 3 fully saturated rings. The molecule has 1 saturated heterocycles. The Hall–Kier alpha value is -1.73. The number of hydrogen-bond donors (Lipinski definition) is 2. The first-order chi connectivity index (χ1) is 18.0. The fourth-order valence-electron chi connectivity index (χ4n) is 6.43. The number of carbonyl (C=O) groups is 1. The average Bonchev–Trinajstić information content (AvgIpc) is 2.88. The number of carbonyl (C=O) groups excluding carboxylic acids is 1. The van der Waals surface area contributed by atoms with Crippen molar-refractivity contribution in [2.24, 2.45) is 11.8 Å². The molecule has 2 aliphatic carbocycles. The third-order valence-electron chi connectivity index (χ3n) is 9.11. The summed E-state index contributed by atoms with van der Waals surface area (Å²) in [5.41, 5.74) is 1.07. The summed E-state index contributed by atoms with van der Waals surface area (Å²) in [5, 5.41) is 13.0. The number of aliphatic hydroxyl groups excluding tert-OH is 1. The molecule has 0 unspecified atom stereocenters. The molecule has 1 amide bonds. The van der Waals surface area contributed by atoms with E-state index in [1.165, 1.54) is 25.8 Å². The van der Waals surface area contributed by atoms with Gasteiger partial charge in [-0.25, -0.2) is 9.97 Å². The summed E-state index contributed by atoms with van der Waals surface area (Å²) in [4.78, 5) is 27.7. The van der Waals surface area contributed by atoms with Crippen LogP contribution in [0.25, 0.3) is 0 Å². The van der Waals surface area contributed by atoms with Gasteiger partial charge < -0.3 is 15.3 Å². The van der Waals surface area contributed by atoms with E-state index < -0.39 is 0 Å². The normalized spacial score (nSPS) is 29.5. The molecule has 0 bridgehead atoms. The molecule has 1 aromatic rings. The molecule has 2 N–H and O–H groups in total. The number of hydrogen-bond acceptors (Lipinski definition) is 6. The molecule has 7 nitrogen and oxygen atoms in total. The van der Waals surface area contributed by atoms with Crippen molar-refractivity contribution >= 4 is 11.7 Å². The van der Waals surface area contributed by atoms with Crippen molar-refractivity contribution in [3.63, 3.8) is 0 Å². The Bertz CT molecular complexity index is 913. The van der Waals surface area contributed by atoms with E-state index in [2.05, 4.69) is 62.7 Å².